The molecule has 0 fully saturated rings. The maximum Gasteiger partial charge on any atom is 0.275 e. The average Bonchev–Trinajstić information content (AvgIpc) is 2.34. The molecule has 18 heavy (non-hydrogen) atoms. The van der Waals surface area contributed by atoms with E-state index in [-0.39, 0.29) is 10.8 Å². The highest BCUT2D eigenvalue weighted by Gasteiger charge is 2.09. The van der Waals surface area contributed by atoms with Gasteiger partial charge >= 0.3 is 0 Å². The summed E-state index contributed by atoms with van der Waals surface area (Å²) in [6.45, 7) is 0. The van der Waals surface area contributed by atoms with Gasteiger partial charge in [-0.1, -0.05) is 34.8 Å². The summed E-state index contributed by atoms with van der Waals surface area (Å²) < 4.78 is 0. The van der Waals surface area contributed by atoms with E-state index in [2.05, 4.69) is 15.3 Å². The van der Waals surface area contributed by atoms with Crippen LogP contribution in [0, 0.1) is 0 Å². The number of benzene rings is 1. The standard InChI is InChI=1S/C11H6Cl3N3O/c12-7-2-1-6(3-8(7)13)17-11(18)9-4-16-10(14)5-15-9/h1-5H,(H,17,18). The molecule has 92 valence electrons. The summed E-state index contributed by atoms with van der Waals surface area (Å²) in [5.74, 6) is -0.405. The van der Waals surface area contributed by atoms with Crippen molar-refractivity contribution < 1.29 is 4.79 Å². The minimum Gasteiger partial charge on any atom is -0.321 e. The molecule has 0 bridgehead atoms. The van der Waals surface area contributed by atoms with Gasteiger partial charge in [-0.3, -0.25) is 4.79 Å². The zero-order valence-corrected chi connectivity index (χ0v) is 11.1. The van der Waals surface area contributed by atoms with E-state index < -0.39 is 5.91 Å². The van der Waals surface area contributed by atoms with Gasteiger partial charge in [-0.2, -0.15) is 0 Å². The van der Waals surface area contributed by atoms with E-state index in [0.717, 1.165) is 0 Å². The molecule has 0 aliphatic heterocycles. The van der Waals surface area contributed by atoms with E-state index in [1.807, 2.05) is 0 Å². The predicted octanol–water partition coefficient (Wildman–Crippen LogP) is 3.69. The lowest BCUT2D eigenvalue weighted by Crippen LogP contribution is -2.13. The normalized spacial score (nSPS) is 10.2. The molecule has 7 heteroatoms. The molecule has 1 heterocycles. The molecule has 4 nitrogen and oxygen atoms in total. The van der Waals surface area contributed by atoms with Gasteiger partial charge in [-0.25, -0.2) is 9.97 Å². The summed E-state index contributed by atoms with van der Waals surface area (Å²) in [4.78, 5) is 19.4. The van der Waals surface area contributed by atoms with Gasteiger partial charge in [0.15, 0.2) is 0 Å². The molecule has 0 saturated heterocycles. The highest BCUT2D eigenvalue weighted by Crippen LogP contribution is 2.25. The van der Waals surface area contributed by atoms with Crippen molar-refractivity contribution in [2.24, 2.45) is 0 Å². The van der Waals surface area contributed by atoms with Crippen molar-refractivity contribution in [3.8, 4) is 0 Å². The number of hydrogen-bond donors (Lipinski definition) is 1. The number of rotatable bonds is 2. The Balaban J connectivity index is 2.16. The summed E-state index contributed by atoms with van der Waals surface area (Å²) in [6, 6.07) is 4.77. The van der Waals surface area contributed by atoms with Crippen LogP contribution in [0.4, 0.5) is 5.69 Å². The number of nitrogens with one attached hydrogen (secondary N) is 1. The third-order valence-electron chi connectivity index (χ3n) is 2.03. The molecule has 0 aliphatic rings. The zero-order chi connectivity index (χ0) is 13.1. The van der Waals surface area contributed by atoms with Crippen molar-refractivity contribution in [2.45, 2.75) is 0 Å². The van der Waals surface area contributed by atoms with Crippen LogP contribution in [0.2, 0.25) is 15.2 Å². The Kier molecular flexibility index (Phi) is 4.01. The second kappa shape index (κ2) is 5.52. The number of carbonyl (C=O) groups excluding carboxylic acids is 1. The van der Waals surface area contributed by atoms with Crippen LogP contribution in [0.3, 0.4) is 0 Å². The lowest BCUT2D eigenvalue weighted by Gasteiger charge is -2.05. The Morgan fingerprint density at radius 1 is 1.06 bits per heavy atom. The fourth-order valence-electron chi connectivity index (χ4n) is 1.20. The van der Waals surface area contributed by atoms with E-state index >= 15 is 0 Å². The molecule has 0 atom stereocenters. The van der Waals surface area contributed by atoms with Crippen LogP contribution < -0.4 is 5.32 Å². The minimum atomic E-state index is -0.405. The second-order valence-corrected chi connectivity index (χ2v) is 4.51. The lowest BCUT2D eigenvalue weighted by molar-refractivity contribution is 0.102. The van der Waals surface area contributed by atoms with E-state index in [9.17, 15) is 4.79 Å². The fraction of sp³-hybridized carbons (Fsp3) is 0. The van der Waals surface area contributed by atoms with Crippen molar-refractivity contribution in [3.05, 3.63) is 51.5 Å². The Hall–Kier alpha value is -1.36. The van der Waals surface area contributed by atoms with Crippen molar-refractivity contribution >= 4 is 46.4 Å². The van der Waals surface area contributed by atoms with Crippen molar-refractivity contribution in [1.82, 2.24) is 9.97 Å². The van der Waals surface area contributed by atoms with E-state index in [4.69, 9.17) is 34.8 Å². The SMILES string of the molecule is O=C(Nc1ccc(Cl)c(Cl)c1)c1cnc(Cl)cn1. The highest BCUT2D eigenvalue weighted by atomic mass is 35.5. The summed E-state index contributed by atoms with van der Waals surface area (Å²) >= 11 is 17.2. The van der Waals surface area contributed by atoms with Crippen LogP contribution in [0.25, 0.3) is 0 Å². The van der Waals surface area contributed by atoms with Crippen LogP contribution in [-0.4, -0.2) is 15.9 Å². The smallest absolute Gasteiger partial charge is 0.275 e. The van der Waals surface area contributed by atoms with Crippen LogP contribution >= 0.6 is 34.8 Å². The van der Waals surface area contributed by atoms with Crippen LogP contribution in [-0.2, 0) is 0 Å². The van der Waals surface area contributed by atoms with Gasteiger partial charge in [0, 0.05) is 5.69 Å². The molecule has 0 spiro atoms. The molecule has 1 aromatic carbocycles. The minimum absolute atomic E-state index is 0.158. The quantitative estimate of drug-likeness (QED) is 0.920. The first-order valence-electron chi connectivity index (χ1n) is 4.80. The van der Waals surface area contributed by atoms with Gasteiger partial charge in [0.25, 0.3) is 5.91 Å². The maximum absolute atomic E-state index is 11.8. The molecule has 1 aromatic heterocycles. The van der Waals surface area contributed by atoms with E-state index in [1.54, 1.807) is 18.2 Å². The predicted molar refractivity (Wildman–Crippen MR) is 71.5 cm³/mol. The first-order chi connectivity index (χ1) is 8.56. The maximum atomic E-state index is 11.8. The first kappa shape index (κ1) is 13.1. The summed E-state index contributed by atoms with van der Waals surface area (Å²) in [5, 5.41) is 3.62. The van der Waals surface area contributed by atoms with Crippen molar-refractivity contribution in [3.63, 3.8) is 0 Å². The average molecular weight is 303 g/mol. The van der Waals surface area contributed by atoms with Crippen LogP contribution in [0.15, 0.2) is 30.6 Å². The Bertz CT molecular complexity index is 587. The van der Waals surface area contributed by atoms with Crippen LogP contribution in [0.1, 0.15) is 10.5 Å². The van der Waals surface area contributed by atoms with Crippen molar-refractivity contribution in [2.75, 3.05) is 5.32 Å². The van der Waals surface area contributed by atoms with Gasteiger partial charge in [0.1, 0.15) is 10.8 Å². The molecule has 0 aliphatic carbocycles. The van der Waals surface area contributed by atoms with Gasteiger partial charge in [-0.15, -0.1) is 0 Å². The number of carbonyl (C=O) groups is 1. The Morgan fingerprint density at radius 2 is 1.83 bits per heavy atom. The topological polar surface area (TPSA) is 54.9 Å². The van der Waals surface area contributed by atoms with Crippen molar-refractivity contribution in [1.29, 1.82) is 0 Å². The number of amides is 1. The molecular formula is C11H6Cl3N3O. The monoisotopic (exact) mass is 301 g/mol. The zero-order valence-electron chi connectivity index (χ0n) is 8.82. The highest BCUT2D eigenvalue weighted by molar-refractivity contribution is 6.42. The fourth-order valence-corrected chi connectivity index (χ4v) is 1.59. The van der Waals surface area contributed by atoms with Gasteiger partial charge < -0.3 is 5.32 Å². The summed E-state index contributed by atoms with van der Waals surface area (Å²) in [7, 11) is 0. The van der Waals surface area contributed by atoms with Gasteiger partial charge in [-0.05, 0) is 18.2 Å². The molecular weight excluding hydrogens is 296 g/mol. The number of hydrogen-bond acceptors (Lipinski definition) is 3. The van der Waals surface area contributed by atoms with E-state index in [1.165, 1.54) is 12.4 Å². The van der Waals surface area contributed by atoms with Crippen LogP contribution in [0.5, 0.6) is 0 Å². The molecule has 0 unspecified atom stereocenters. The Labute approximate surface area is 118 Å². The molecule has 2 rings (SSSR count). The third-order valence-corrected chi connectivity index (χ3v) is 2.96. The molecule has 2 aromatic rings. The summed E-state index contributed by atoms with van der Waals surface area (Å²) in [5.41, 5.74) is 0.677. The molecule has 0 saturated carbocycles. The molecule has 1 N–H and O–H groups in total. The lowest BCUT2D eigenvalue weighted by atomic mass is 10.3. The van der Waals surface area contributed by atoms with E-state index in [0.29, 0.717) is 15.7 Å². The largest absolute Gasteiger partial charge is 0.321 e. The molecule has 1 amide bonds. The number of aromatic nitrogens is 2. The number of nitrogens with zero attached hydrogens (tertiary/aromatic N) is 2. The second-order valence-electron chi connectivity index (χ2n) is 3.31. The van der Waals surface area contributed by atoms with Gasteiger partial charge in [0.05, 0.1) is 22.4 Å². The number of anilines is 1. The molecule has 0 radical (unpaired) electrons. The first-order valence-corrected chi connectivity index (χ1v) is 5.93. The Morgan fingerprint density at radius 3 is 2.44 bits per heavy atom. The number of halogens is 3. The van der Waals surface area contributed by atoms with Gasteiger partial charge in [0.2, 0.25) is 0 Å². The third kappa shape index (κ3) is 3.10. The summed E-state index contributed by atoms with van der Waals surface area (Å²) in [6.07, 6.45) is 2.58.